The minimum absolute atomic E-state index is 0.0643. The molecular formula is C16H22O4. The zero-order valence-electron chi connectivity index (χ0n) is 11.6. The summed E-state index contributed by atoms with van der Waals surface area (Å²) in [5.41, 5.74) is 2.33. The summed E-state index contributed by atoms with van der Waals surface area (Å²) in [6.45, 7) is 2.05. The summed E-state index contributed by atoms with van der Waals surface area (Å²) in [6, 6.07) is 10.1. The van der Waals surface area contributed by atoms with E-state index < -0.39 is 24.4 Å². The maximum Gasteiger partial charge on any atom is 0.111 e. The summed E-state index contributed by atoms with van der Waals surface area (Å²) in [7, 11) is 0. The number of hydrogen-bond acceptors (Lipinski definition) is 4. The number of hydrogen-bond donors (Lipinski definition) is 3. The van der Waals surface area contributed by atoms with Crippen molar-refractivity contribution >= 4 is 0 Å². The third kappa shape index (κ3) is 3.90. The molecule has 1 aliphatic heterocycles. The van der Waals surface area contributed by atoms with Gasteiger partial charge in [-0.3, -0.25) is 0 Å². The number of allylic oxidation sites excluding steroid dienone is 1. The van der Waals surface area contributed by atoms with Gasteiger partial charge in [-0.15, -0.1) is 0 Å². The van der Waals surface area contributed by atoms with Gasteiger partial charge in [0.15, 0.2) is 0 Å². The number of aliphatic hydroxyl groups excluding tert-OH is 3. The summed E-state index contributed by atoms with van der Waals surface area (Å²) < 4.78 is 5.39. The van der Waals surface area contributed by atoms with Crippen LogP contribution in [0.4, 0.5) is 0 Å². The molecule has 0 aliphatic carbocycles. The lowest BCUT2D eigenvalue weighted by molar-refractivity contribution is -0.186. The second-order valence-electron chi connectivity index (χ2n) is 5.36. The van der Waals surface area contributed by atoms with Crippen LogP contribution in [0.25, 0.3) is 0 Å². The standard InChI is InChI=1S/C16H22O4/c1-11(7-8-12-5-3-2-4-6-12)9-14-16(19)15(18)13(17)10-20-14/h2-7,13-19H,8-10H2,1H3. The van der Waals surface area contributed by atoms with E-state index in [1.165, 1.54) is 5.56 Å². The summed E-state index contributed by atoms with van der Waals surface area (Å²) in [6.07, 6.45) is -0.147. The molecule has 1 aromatic carbocycles. The van der Waals surface area contributed by atoms with E-state index in [9.17, 15) is 15.3 Å². The molecule has 4 heteroatoms. The van der Waals surface area contributed by atoms with Crippen molar-refractivity contribution in [3.8, 4) is 0 Å². The first-order valence-electron chi connectivity index (χ1n) is 6.93. The predicted molar refractivity (Wildman–Crippen MR) is 76.3 cm³/mol. The lowest BCUT2D eigenvalue weighted by Gasteiger charge is -2.35. The number of aliphatic hydroxyl groups is 3. The quantitative estimate of drug-likeness (QED) is 0.720. The fraction of sp³-hybridized carbons (Fsp3) is 0.500. The Bertz CT molecular complexity index is 443. The van der Waals surface area contributed by atoms with Crippen molar-refractivity contribution in [2.24, 2.45) is 0 Å². The zero-order chi connectivity index (χ0) is 14.5. The minimum atomic E-state index is -1.13. The molecule has 110 valence electrons. The van der Waals surface area contributed by atoms with Crippen LogP contribution in [0, 0.1) is 0 Å². The van der Waals surface area contributed by atoms with E-state index in [2.05, 4.69) is 18.2 Å². The Morgan fingerprint density at radius 2 is 1.90 bits per heavy atom. The molecule has 2 rings (SSSR count). The molecule has 4 unspecified atom stereocenters. The molecule has 4 atom stereocenters. The van der Waals surface area contributed by atoms with E-state index in [1.54, 1.807) is 0 Å². The largest absolute Gasteiger partial charge is 0.388 e. The second-order valence-corrected chi connectivity index (χ2v) is 5.36. The lowest BCUT2D eigenvalue weighted by atomic mass is 9.95. The molecule has 0 amide bonds. The monoisotopic (exact) mass is 278 g/mol. The summed E-state index contributed by atoms with van der Waals surface area (Å²) in [4.78, 5) is 0. The van der Waals surface area contributed by atoms with Gasteiger partial charge < -0.3 is 20.1 Å². The van der Waals surface area contributed by atoms with Gasteiger partial charge in [0.05, 0.1) is 12.7 Å². The maximum absolute atomic E-state index is 9.88. The van der Waals surface area contributed by atoms with Crippen molar-refractivity contribution in [1.82, 2.24) is 0 Å². The van der Waals surface area contributed by atoms with Crippen LogP contribution in [0.15, 0.2) is 42.0 Å². The Balaban J connectivity index is 1.89. The molecule has 0 saturated carbocycles. The van der Waals surface area contributed by atoms with E-state index in [4.69, 9.17) is 4.74 Å². The van der Waals surface area contributed by atoms with Gasteiger partial charge in [-0.2, -0.15) is 0 Å². The molecular weight excluding hydrogens is 256 g/mol. The molecule has 0 spiro atoms. The fourth-order valence-corrected chi connectivity index (χ4v) is 2.35. The zero-order valence-corrected chi connectivity index (χ0v) is 11.6. The highest BCUT2D eigenvalue weighted by molar-refractivity contribution is 5.19. The Hall–Kier alpha value is -1.20. The SMILES string of the molecule is CC(=CCc1ccccc1)CC1OCC(O)C(O)C1O. The van der Waals surface area contributed by atoms with Crippen molar-refractivity contribution < 1.29 is 20.1 Å². The van der Waals surface area contributed by atoms with Crippen LogP contribution in [0.3, 0.4) is 0 Å². The highest BCUT2D eigenvalue weighted by Gasteiger charge is 2.37. The van der Waals surface area contributed by atoms with Crippen LogP contribution in [-0.4, -0.2) is 46.3 Å². The average Bonchev–Trinajstić information content (AvgIpc) is 2.47. The summed E-state index contributed by atoms with van der Waals surface area (Å²) >= 11 is 0. The van der Waals surface area contributed by atoms with E-state index in [-0.39, 0.29) is 6.61 Å². The highest BCUT2D eigenvalue weighted by Crippen LogP contribution is 2.21. The first kappa shape index (κ1) is 15.2. The van der Waals surface area contributed by atoms with Gasteiger partial charge in [-0.1, -0.05) is 42.0 Å². The summed E-state index contributed by atoms with van der Waals surface area (Å²) in [5, 5.41) is 28.9. The molecule has 1 heterocycles. The summed E-state index contributed by atoms with van der Waals surface area (Å²) in [5.74, 6) is 0. The van der Waals surface area contributed by atoms with Crippen LogP contribution in [0.5, 0.6) is 0 Å². The van der Waals surface area contributed by atoms with E-state index >= 15 is 0 Å². The van der Waals surface area contributed by atoms with Crippen LogP contribution in [-0.2, 0) is 11.2 Å². The Morgan fingerprint density at radius 3 is 2.60 bits per heavy atom. The van der Waals surface area contributed by atoms with Gasteiger partial charge in [0.2, 0.25) is 0 Å². The van der Waals surface area contributed by atoms with Crippen LogP contribution < -0.4 is 0 Å². The van der Waals surface area contributed by atoms with E-state index in [0.29, 0.717) is 6.42 Å². The van der Waals surface area contributed by atoms with Gasteiger partial charge in [0.25, 0.3) is 0 Å². The molecule has 3 N–H and O–H groups in total. The van der Waals surface area contributed by atoms with Crippen molar-refractivity contribution in [3.05, 3.63) is 47.5 Å². The van der Waals surface area contributed by atoms with E-state index in [0.717, 1.165) is 12.0 Å². The van der Waals surface area contributed by atoms with Crippen LogP contribution >= 0.6 is 0 Å². The average molecular weight is 278 g/mol. The molecule has 20 heavy (non-hydrogen) atoms. The topological polar surface area (TPSA) is 69.9 Å². The first-order chi connectivity index (χ1) is 9.58. The van der Waals surface area contributed by atoms with Gasteiger partial charge >= 0.3 is 0 Å². The normalized spacial score (nSPS) is 31.3. The third-order valence-electron chi connectivity index (χ3n) is 3.66. The molecule has 1 fully saturated rings. The second kappa shape index (κ2) is 6.99. The van der Waals surface area contributed by atoms with Crippen molar-refractivity contribution in [1.29, 1.82) is 0 Å². The van der Waals surface area contributed by atoms with Crippen LogP contribution in [0.1, 0.15) is 18.9 Å². The number of ether oxygens (including phenoxy) is 1. The van der Waals surface area contributed by atoms with Crippen molar-refractivity contribution in [2.45, 2.75) is 44.2 Å². The van der Waals surface area contributed by atoms with Crippen LogP contribution in [0.2, 0.25) is 0 Å². The molecule has 1 aliphatic rings. The number of rotatable bonds is 4. The fourth-order valence-electron chi connectivity index (χ4n) is 2.35. The first-order valence-corrected chi connectivity index (χ1v) is 6.93. The molecule has 4 nitrogen and oxygen atoms in total. The Labute approximate surface area is 119 Å². The maximum atomic E-state index is 9.88. The van der Waals surface area contributed by atoms with Gasteiger partial charge in [0, 0.05) is 0 Å². The minimum Gasteiger partial charge on any atom is -0.388 e. The molecule has 1 saturated heterocycles. The predicted octanol–water partition coefficient (Wildman–Crippen LogP) is 1.05. The Kier molecular flexibility index (Phi) is 5.31. The third-order valence-corrected chi connectivity index (χ3v) is 3.66. The number of benzene rings is 1. The van der Waals surface area contributed by atoms with E-state index in [1.807, 2.05) is 25.1 Å². The van der Waals surface area contributed by atoms with Crippen molar-refractivity contribution in [2.75, 3.05) is 6.61 Å². The molecule has 0 bridgehead atoms. The molecule has 0 aromatic heterocycles. The van der Waals surface area contributed by atoms with Crippen molar-refractivity contribution in [3.63, 3.8) is 0 Å². The lowest BCUT2D eigenvalue weighted by Crippen LogP contribution is -2.52. The highest BCUT2D eigenvalue weighted by atomic mass is 16.5. The smallest absolute Gasteiger partial charge is 0.111 e. The van der Waals surface area contributed by atoms with Gasteiger partial charge in [-0.05, 0) is 25.3 Å². The van der Waals surface area contributed by atoms with Gasteiger partial charge in [0.1, 0.15) is 18.3 Å². The molecule has 1 aromatic rings. The molecule has 0 radical (unpaired) electrons. The van der Waals surface area contributed by atoms with Gasteiger partial charge in [-0.25, -0.2) is 0 Å². The Morgan fingerprint density at radius 1 is 1.20 bits per heavy atom.